The van der Waals surface area contributed by atoms with Crippen molar-refractivity contribution in [3.8, 4) is 0 Å². The first-order valence-corrected chi connectivity index (χ1v) is 9.99. The molecular weight excluding hydrogens is 290 g/mol. The molecule has 0 aromatic rings. The lowest BCUT2D eigenvalue weighted by Crippen LogP contribution is -2.49. The molecule has 9 heteroatoms. The minimum absolute atomic E-state index is 0.362. The molecule has 1 rings (SSSR count). The van der Waals surface area contributed by atoms with Gasteiger partial charge in [0, 0.05) is 32.4 Å². The van der Waals surface area contributed by atoms with Crippen molar-refractivity contribution in [2.45, 2.75) is 12.8 Å². The smallest absolute Gasteiger partial charge is 0.228 e. The predicted molar refractivity (Wildman–Crippen MR) is 74.9 cm³/mol. The second kappa shape index (κ2) is 6.98. The zero-order valence-electron chi connectivity index (χ0n) is 11.3. The number of hydrogen-bond donors (Lipinski definition) is 1. The van der Waals surface area contributed by atoms with Gasteiger partial charge in [-0.3, -0.25) is 0 Å². The number of nitrogens with two attached hydrogens (primary N) is 1. The quantitative estimate of drug-likeness (QED) is 0.585. The Hall–Kier alpha value is -0.220. The van der Waals surface area contributed by atoms with Crippen LogP contribution in [0.3, 0.4) is 0 Å². The third kappa shape index (κ3) is 6.17. The van der Waals surface area contributed by atoms with Gasteiger partial charge < -0.3 is 10.6 Å². The van der Waals surface area contributed by atoms with Crippen molar-refractivity contribution >= 4 is 19.9 Å². The van der Waals surface area contributed by atoms with E-state index in [1.54, 1.807) is 0 Å². The van der Waals surface area contributed by atoms with Crippen LogP contribution in [0, 0.1) is 0 Å². The van der Waals surface area contributed by atoms with Gasteiger partial charge in [0.05, 0.1) is 0 Å². The van der Waals surface area contributed by atoms with Gasteiger partial charge in [-0.1, -0.05) is 0 Å². The summed E-state index contributed by atoms with van der Waals surface area (Å²) in [5, 5.41) is -0.798. The Morgan fingerprint density at radius 1 is 1.00 bits per heavy atom. The summed E-state index contributed by atoms with van der Waals surface area (Å²) >= 11 is 0. The van der Waals surface area contributed by atoms with E-state index in [1.807, 2.05) is 0 Å². The average molecular weight is 313 g/mol. The summed E-state index contributed by atoms with van der Waals surface area (Å²) in [7, 11) is -7.21. The normalized spacial score (nSPS) is 19.7. The van der Waals surface area contributed by atoms with Gasteiger partial charge in [-0.2, -0.15) is 4.31 Å². The molecule has 1 fully saturated rings. The monoisotopic (exact) mass is 313 g/mol. The highest BCUT2D eigenvalue weighted by molar-refractivity contribution is 8.06. The number of sulfonamides is 1. The van der Waals surface area contributed by atoms with E-state index in [2.05, 4.69) is 4.90 Å². The summed E-state index contributed by atoms with van der Waals surface area (Å²) in [6, 6.07) is 0. The lowest BCUT2D eigenvalue weighted by atomic mass is 10.2. The Labute approximate surface area is 115 Å². The van der Waals surface area contributed by atoms with Crippen LogP contribution in [0.2, 0.25) is 0 Å². The first-order valence-electron chi connectivity index (χ1n) is 6.32. The summed E-state index contributed by atoms with van der Waals surface area (Å²) in [6.45, 7) is 3.60. The fourth-order valence-electron chi connectivity index (χ4n) is 2.06. The maximum absolute atomic E-state index is 11.9. The lowest BCUT2D eigenvalue weighted by Gasteiger charge is -2.33. The number of unbranched alkanes of at least 4 members (excludes halogenated alkanes) is 1. The Balaban J connectivity index is 2.45. The van der Waals surface area contributed by atoms with Crippen LogP contribution in [0.1, 0.15) is 12.8 Å². The van der Waals surface area contributed by atoms with Crippen molar-refractivity contribution in [1.29, 1.82) is 0 Å². The highest BCUT2D eigenvalue weighted by atomic mass is 32.3. The number of piperazine rings is 1. The molecule has 0 radical (unpaired) electrons. The molecule has 0 aliphatic carbocycles. The standard InChI is InChI=1S/C10H23N3O4S2/c1-18(14,15)10-19(16,17)13-8-6-12(7-9-13)5-3-2-4-11/h2-11H2,1H3. The predicted octanol–water partition coefficient (Wildman–Crippen LogP) is -1.33. The van der Waals surface area contributed by atoms with Crippen LogP contribution in [0.5, 0.6) is 0 Å². The average Bonchev–Trinajstić information content (AvgIpc) is 2.27. The minimum Gasteiger partial charge on any atom is -0.330 e. The second-order valence-electron chi connectivity index (χ2n) is 4.89. The molecule has 0 atom stereocenters. The van der Waals surface area contributed by atoms with Gasteiger partial charge in [0.15, 0.2) is 14.9 Å². The molecule has 0 saturated carbocycles. The van der Waals surface area contributed by atoms with Crippen LogP contribution in [-0.4, -0.2) is 76.6 Å². The summed E-state index contributed by atoms with van der Waals surface area (Å²) in [5.41, 5.74) is 5.42. The Bertz CT molecular complexity index is 467. The van der Waals surface area contributed by atoms with Crippen molar-refractivity contribution in [2.75, 3.05) is 50.6 Å². The van der Waals surface area contributed by atoms with E-state index >= 15 is 0 Å². The van der Waals surface area contributed by atoms with E-state index in [9.17, 15) is 16.8 Å². The first-order chi connectivity index (χ1) is 8.74. The van der Waals surface area contributed by atoms with Crippen molar-refractivity contribution in [2.24, 2.45) is 5.73 Å². The Kier molecular flexibility index (Phi) is 6.18. The van der Waals surface area contributed by atoms with Crippen molar-refractivity contribution < 1.29 is 16.8 Å². The molecule has 0 bridgehead atoms. The van der Waals surface area contributed by atoms with Gasteiger partial charge in [-0.15, -0.1) is 0 Å². The summed E-state index contributed by atoms with van der Waals surface area (Å²) in [6.07, 6.45) is 2.91. The van der Waals surface area contributed by atoms with Crippen LogP contribution in [-0.2, 0) is 19.9 Å². The molecule has 1 aliphatic rings. The van der Waals surface area contributed by atoms with E-state index in [-0.39, 0.29) is 0 Å². The molecular formula is C10H23N3O4S2. The summed E-state index contributed by atoms with van der Waals surface area (Å²) in [4.78, 5) is 2.18. The van der Waals surface area contributed by atoms with Crippen molar-refractivity contribution in [3.05, 3.63) is 0 Å². The van der Waals surface area contributed by atoms with E-state index in [0.717, 1.165) is 25.6 Å². The van der Waals surface area contributed by atoms with Gasteiger partial charge in [-0.25, -0.2) is 16.8 Å². The van der Waals surface area contributed by atoms with E-state index in [0.29, 0.717) is 32.7 Å². The van der Waals surface area contributed by atoms with E-state index < -0.39 is 24.9 Å². The maximum atomic E-state index is 11.9. The largest absolute Gasteiger partial charge is 0.330 e. The van der Waals surface area contributed by atoms with Gasteiger partial charge in [0.1, 0.15) is 0 Å². The lowest BCUT2D eigenvalue weighted by molar-refractivity contribution is 0.186. The summed E-state index contributed by atoms with van der Waals surface area (Å²) < 4.78 is 47.2. The maximum Gasteiger partial charge on any atom is 0.228 e. The molecule has 114 valence electrons. The Morgan fingerprint density at radius 2 is 1.58 bits per heavy atom. The number of sulfone groups is 1. The molecule has 7 nitrogen and oxygen atoms in total. The summed E-state index contributed by atoms with van der Waals surface area (Å²) in [5.74, 6) is 0. The fraction of sp³-hybridized carbons (Fsp3) is 1.00. The third-order valence-electron chi connectivity index (χ3n) is 3.02. The number of hydrogen-bond acceptors (Lipinski definition) is 6. The molecule has 1 heterocycles. The molecule has 1 aliphatic heterocycles. The second-order valence-corrected chi connectivity index (χ2v) is 9.37. The van der Waals surface area contributed by atoms with Crippen LogP contribution < -0.4 is 5.73 Å². The zero-order valence-corrected chi connectivity index (χ0v) is 12.9. The molecule has 0 spiro atoms. The molecule has 1 saturated heterocycles. The SMILES string of the molecule is CS(=O)(=O)CS(=O)(=O)N1CCN(CCCCN)CC1. The highest BCUT2D eigenvalue weighted by Crippen LogP contribution is 2.10. The van der Waals surface area contributed by atoms with Gasteiger partial charge in [0.2, 0.25) is 10.0 Å². The van der Waals surface area contributed by atoms with Gasteiger partial charge in [-0.05, 0) is 25.9 Å². The molecule has 0 amide bonds. The van der Waals surface area contributed by atoms with E-state index in [4.69, 9.17) is 5.73 Å². The first kappa shape index (κ1) is 16.8. The van der Waals surface area contributed by atoms with Gasteiger partial charge >= 0.3 is 0 Å². The molecule has 2 N–H and O–H groups in total. The van der Waals surface area contributed by atoms with E-state index in [1.165, 1.54) is 4.31 Å². The van der Waals surface area contributed by atoms with Crippen LogP contribution >= 0.6 is 0 Å². The molecule has 0 aromatic carbocycles. The minimum atomic E-state index is -3.69. The molecule has 0 aromatic heterocycles. The van der Waals surface area contributed by atoms with Crippen LogP contribution in [0.25, 0.3) is 0 Å². The number of rotatable bonds is 7. The fourth-order valence-corrected chi connectivity index (χ4v) is 5.54. The topological polar surface area (TPSA) is 101 Å². The zero-order chi connectivity index (χ0) is 14.5. The third-order valence-corrected chi connectivity index (χ3v) is 7.07. The van der Waals surface area contributed by atoms with Crippen molar-refractivity contribution in [3.63, 3.8) is 0 Å². The van der Waals surface area contributed by atoms with Crippen LogP contribution in [0.15, 0.2) is 0 Å². The van der Waals surface area contributed by atoms with Crippen LogP contribution in [0.4, 0.5) is 0 Å². The molecule has 19 heavy (non-hydrogen) atoms. The molecule has 0 unspecified atom stereocenters. The highest BCUT2D eigenvalue weighted by Gasteiger charge is 2.29. The van der Waals surface area contributed by atoms with Gasteiger partial charge in [0.25, 0.3) is 0 Å². The van der Waals surface area contributed by atoms with Crippen molar-refractivity contribution in [1.82, 2.24) is 9.21 Å². The Morgan fingerprint density at radius 3 is 2.05 bits per heavy atom. The number of nitrogens with zero attached hydrogens (tertiary/aromatic N) is 2.